The van der Waals surface area contributed by atoms with E-state index in [4.69, 9.17) is 9.47 Å². The Kier molecular flexibility index (Phi) is 6.75. The Morgan fingerprint density at radius 3 is 2.38 bits per heavy atom. The number of amides is 1. The molecule has 11 heteroatoms. The lowest BCUT2D eigenvalue weighted by atomic mass is 10.1. The van der Waals surface area contributed by atoms with Crippen LogP contribution in [0.4, 0.5) is 24.5 Å². The van der Waals surface area contributed by atoms with Gasteiger partial charge in [0.2, 0.25) is 0 Å². The first kappa shape index (κ1) is 23.2. The van der Waals surface area contributed by atoms with Gasteiger partial charge in [0, 0.05) is 37.9 Å². The van der Waals surface area contributed by atoms with Crippen molar-refractivity contribution < 1.29 is 32.4 Å². The first-order valence-electron chi connectivity index (χ1n) is 9.86. The molecule has 1 aliphatic rings. The molecule has 2 aromatic rings. The monoisotopic (exact) mass is 453 g/mol. The van der Waals surface area contributed by atoms with Gasteiger partial charge in [0.15, 0.2) is 11.5 Å². The fourth-order valence-electron chi connectivity index (χ4n) is 3.52. The van der Waals surface area contributed by atoms with E-state index in [9.17, 15) is 28.1 Å². The van der Waals surface area contributed by atoms with Crippen LogP contribution >= 0.6 is 0 Å². The van der Waals surface area contributed by atoms with Crippen LogP contribution < -0.4 is 14.4 Å². The van der Waals surface area contributed by atoms with Crippen molar-refractivity contribution in [3.8, 4) is 11.5 Å². The molecule has 1 heterocycles. The van der Waals surface area contributed by atoms with E-state index in [0.29, 0.717) is 5.69 Å². The summed E-state index contributed by atoms with van der Waals surface area (Å²) in [5, 5.41) is 11.5. The lowest BCUT2D eigenvalue weighted by Crippen LogP contribution is -2.49. The summed E-state index contributed by atoms with van der Waals surface area (Å²) >= 11 is 0. The average Bonchev–Trinajstić information content (AvgIpc) is 2.78. The largest absolute Gasteiger partial charge is 0.493 e. The van der Waals surface area contributed by atoms with E-state index < -0.39 is 28.3 Å². The molecule has 1 aliphatic heterocycles. The predicted octanol–water partition coefficient (Wildman–Crippen LogP) is 3.98. The number of hydrogen-bond donors (Lipinski definition) is 0. The van der Waals surface area contributed by atoms with Crippen molar-refractivity contribution in [2.45, 2.75) is 13.1 Å². The Labute approximate surface area is 182 Å². The van der Waals surface area contributed by atoms with Crippen molar-refractivity contribution in [1.82, 2.24) is 4.90 Å². The van der Waals surface area contributed by atoms with E-state index >= 15 is 0 Å². The number of halogens is 3. The third-order valence-corrected chi connectivity index (χ3v) is 5.11. The van der Waals surface area contributed by atoms with Gasteiger partial charge in [-0.05, 0) is 25.1 Å². The van der Waals surface area contributed by atoms with Crippen LogP contribution in [0, 0.1) is 10.1 Å². The fraction of sp³-hybridized carbons (Fsp3) is 0.381. The van der Waals surface area contributed by atoms with Crippen molar-refractivity contribution in [1.29, 1.82) is 0 Å². The number of nitro groups is 1. The van der Waals surface area contributed by atoms with E-state index in [0.717, 1.165) is 18.2 Å². The van der Waals surface area contributed by atoms with Gasteiger partial charge in [-0.2, -0.15) is 13.2 Å². The maximum Gasteiger partial charge on any atom is 0.416 e. The highest BCUT2D eigenvalue weighted by Gasteiger charge is 2.32. The summed E-state index contributed by atoms with van der Waals surface area (Å²) in [6.45, 7) is 2.97. The third kappa shape index (κ3) is 4.87. The van der Waals surface area contributed by atoms with Crippen molar-refractivity contribution in [2.24, 2.45) is 0 Å². The van der Waals surface area contributed by atoms with E-state index in [1.165, 1.54) is 24.1 Å². The molecule has 0 unspecified atom stereocenters. The van der Waals surface area contributed by atoms with Crippen LogP contribution in [0.1, 0.15) is 22.8 Å². The minimum atomic E-state index is -4.45. The smallest absolute Gasteiger partial charge is 0.416 e. The number of hydrogen-bond acceptors (Lipinski definition) is 6. The molecule has 0 aliphatic carbocycles. The molecule has 1 amide bonds. The van der Waals surface area contributed by atoms with Gasteiger partial charge in [0.25, 0.3) is 11.6 Å². The molecule has 32 heavy (non-hydrogen) atoms. The number of alkyl halides is 3. The molecule has 0 radical (unpaired) electrons. The summed E-state index contributed by atoms with van der Waals surface area (Å²) in [7, 11) is 1.34. The third-order valence-electron chi connectivity index (χ3n) is 5.11. The van der Waals surface area contributed by atoms with Crippen molar-refractivity contribution >= 4 is 17.3 Å². The fourth-order valence-corrected chi connectivity index (χ4v) is 3.52. The molecule has 2 aromatic carbocycles. The van der Waals surface area contributed by atoms with E-state index in [-0.39, 0.29) is 49.8 Å². The number of rotatable bonds is 6. The predicted molar refractivity (Wildman–Crippen MR) is 110 cm³/mol. The van der Waals surface area contributed by atoms with Crippen LogP contribution in [0.5, 0.6) is 11.5 Å². The Bertz CT molecular complexity index is 1000. The SMILES string of the molecule is CCOc1cc(C(=O)N2CCN(c3cccc(C(F)(F)F)c3)CC2)c([N+](=O)[O-])cc1OC. The van der Waals surface area contributed by atoms with Crippen molar-refractivity contribution in [3.05, 3.63) is 57.6 Å². The normalized spacial score (nSPS) is 14.3. The molecular weight excluding hydrogens is 431 g/mol. The summed E-state index contributed by atoms with van der Waals surface area (Å²) in [4.78, 5) is 27.1. The van der Waals surface area contributed by atoms with Gasteiger partial charge in [-0.15, -0.1) is 0 Å². The number of carbonyl (C=O) groups excluding carboxylic acids is 1. The zero-order valence-corrected chi connectivity index (χ0v) is 17.5. The van der Waals surface area contributed by atoms with Crippen LogP contribution in [-0.4, -0.2) is 55.6 Å². The second-order valence-corrected chi connectivity index (χ2v) is 7.04. The Hall–Kier alpha value is -3.50. The van der Waals surface area contributed by atoms with Gasteiger partial charge in [0.1, 0.15) is 5.56 Å². The van der Waals surface area contributed by atoms with Crippen molar-refractivity contribution in [3.63, 3.8) is 0 Å². The average molecular weight is 453 g/mol. The van der Waals surface area contributed by atoms with Gasteiger partial charge in [0.05, 0.1) is 30.3 Å². The quantitative estimate of drug-likeness (QED) is 0.486. The Morgan fingerprint density at radius 2 is 1.81 bits per heavy atom. The highest BCUT2D eigenvalue weighted by atomic mass is 19.4. The number of methoxy groups -OCH3 is 1. The van der Waals surface area contributed by atoms with Gasteiger partial charge < -0.3 is 19.3 Å². The minimum Gasteiger partial charge on any atom is -0.493 e. The molecule has 3 rings (SSSR count). The van der Waals surface area contributed by atoms with E-state index in [1.807, 2.05) is 0 Å². The maximum absolute atomic E-state index is 13.1. The van der Waals surface area contributed by atoms with Gasteiger partial charge in [-0.3, -0.25) is 14.9 Å². The standard InChI is InChI=1S/C21H22F3N3O5/c1-3-32-19-12-16(17(27(29)30)13-18(19)31-2)20(28)26-9-7-25(8-10-26)15-6-4-5-14(11-15)21(22,23)24/h4-6,11-13H,3,7-10H2,1-2H3. The number of nitrogens with zero attached hydrogens (tertiary/aromatic N) is 3. The Balaban J connectivity index is 1.80. The second kappa shape index (κ2) is 9.33. The van der Waals surface area contributed by atoms with E-state index in [1.54, 1.807) is 17.9 Å². The number of piperazine rings is 1. The van der Waals surface area contributed by atoms with Crippen molar-refractivity contribution in [2.75, 3.05) is 44.8 Å². The van der Waals surface area contributed by atoms with Crippen LogP contribution in [0.25, 0.3) is 0 Å². The molecule has 172 valence electrons. The summed E-state index contributed by atoms with van der Waals surface area (Å²) in [6, 6.07) is 7.43. The number of benzene rings is 2. The van der Waals surface area contributed by atoms with Crippen LogP contribution in [0.15, 0.2) is 36.4 Å². The zero-order valence-electron chi connectivity index (χ0n) is 17.5. The highest BCUT2D eigenvalue weighted by molar-refractivity contribution is 5.99. The number of anilines is 1. The molecule has 0 bridgehead atoms. The molecular formula is C21H22F3N3O5. The molecule has 0 atom stereocenters. The lowest BCUT2D eigenvalue weighted by Gasteiger charge is -2.36. The summed E-state index contributed by atoms with van der Waals surface area (Å²) < 4.78 is 49.5. The van der Waals surface area contributed by atoms with Gasteiger partial charge in [-0.1, -0.05) is 6.07 Å². The second-order valence-electron chi connectivity index (χ2n) is 7.04. The molecule has 0 saturated carbocycles. The number of carbonyl (C=O) groups is 1. The Morgan fingerprint density at radius 1 is 1.12 bits per heavy atom. The molecule has 0 aromatic heterocycles. The molecule has 1 fully saturated rings. The summed E-state index contributed by atoms with van der Waals surface area (Å²) in [6.07, 6.45) is -4.45. The lowest BCUT2D eigenvalue weighted by molar-refractivity contribution is -0.385. The summed E-state index contributed by atoms with van der Waals surface area (Å²) in [5.41, 5.74) is -0.880. The van der Waals surface area contributed by atoms with Crippen LogP contribution in [-0.2, 0) is 6.18 Å². The van der Waals surface area contributed by atoms with Gasteiger partial charge >= 0.3 is 6.18 Å². The summed E-state index contributed by atoms with van der Waals surface area (Å²) in [5.74, 6) is -0.194. The molecule has 0 spiro atoms. The number of ether oxygens (including phenoxy) is 2. The van der Waals surface area contributed by atoms with Crippen LogP contribution in [0.3, 0.4) is 0 Å². The molecule has 0 N–H and O–H groups in total. The van der Waals surface area contributed by atoms with E-state index in [2.05, 4.69) is 0 Å². The molecule has 1 saturated heterocycles. The molecule has 8 nitrogen and oxygen atoms in total. The minimum absolute atomic E-state index is 0.133. The van der Waals surface area contributed by atoms with Crippen LogP contribution in [0.2, 0.25) is 0 Å². The first-order valence-corrected chi connectivity index (χ1v) is 9.86. The highest BCUT2D eigenvalue weighted by Crippen LogP contribution is 2.36. The van der Waals surface area contributed by atoms with Gasteiger partial charge in [-0.25, -0.2) is 0 Å². The topological polar surface area (TPSA) is 85.2 Å². The number of nitro benzene ring substituents is 1. The zero-order chi connectivity index (χ0) is 23.5. The first-order chi connectivity index (χ1) is 15.2. The maximum atomic E-state index is 13.1.